The maximum Gasteiger partial charge on any atom is 0.0838 e. The van der Waals surface area contributed by atoms with E-state index < -0.39 is 6.10 Å². The van der Waals surface area contributed by atoms with Gasteiger partial charge in [-0.15, -0.1) is 0 Å². The van der Waals surface area contributed by atoms with Crippen molar-refractivity contribution in [2.75, 3.05) is 0 Å². The largest absolute Gasteiger partial charge is 0.388 e. The van der Waals surface area contributed by atoms with Gasteiger partial charge in [0.2, 0.25) is 0 Å². The van der Waals surface area contributed by atoms with Crippen molar-refractivity contribution in [3.8, 4) is 0 Å². The molecule has 0 aliphatic carbocycles. The first-order valence-electron chi connectivity index (χ1n) is 4.45. The van der Waals surface area contributed by atoms with E-state index in [2.05, 4.69) is 22.6 Å². The Morgan fingerprint density at radius 1 is 1.36 bits per heavy atom. The first-order chi connectivity index (χ1) is 6.32. The molecular formula is C11H14ClIO. The van der Waals surface area contributed by atoms with E-state index in [9.17, 15) is 5.11 Å². The molecule has 0 radical (unpaired) electrons. The van der Waals surface area contributed by atoms with Crippen LogP contribution in [0.4, 0.5) is 0 Å². The van der Waals surface area contributed by atoms with Crippen molar-refractivity contribution >= 4 is 34.2 Å². The fourth-order valence-electron chi connectivity index (χ4n) is 1.18. The topological polar surface area (TPSA) is 20.2 Å². The van der Waals surface area contributed by atoms with Crippen LogP contribution in [0, 0.1) is 8.99 Å². The monoisotopic (exact) mass is 324 g/mol. The van der Waals surface area contributed by atoms with Gasteiger partial charge < -0.3 is 5.11 Å². The summed E-state index contributed by atoms with van der Waals surface area (Å²) in [7, 11) is 0. The van der Waals surface area contributed by atoms with Crippen molar-refractivity contribution in [1.82, 2.24) is 0 Å². The van der Waals surface area contributed by atoms with Crippen LogP contribution in [0.25, 0.3) is 0 Å². The average molecular weight is 325 g/mol. The number of hydrogen-bond acceptors (Lipinski definition) is 1. The van der Waals surface area contributed by atoms with Gasteiger partial charge in [0.25, 0.3) is 0 Å². The molecule has 0 bridgehead atoms. The molecule has 0 saturated carbocycles. The predicted octanol–water partition coefficient (Wildman–Crippen LogP) is 4.02. The second kappa shape index (κ2) is 4.37. The average Bonchev–Trinajstić information content (AvgIpc) is 2.07. The van der Waals surface area contributed by atoms with Gasteiger partial charge in [-0.3, -0.25) is 0 Å². The fraction of sp³-hybridized carbons (Fsp3) is 0.455. The van der Waals surface area contributed by atoms with Crippen LogP contribution in [0.2, 0.25) is 5.02 Å². The molecule has 0 spiro atoms. The Kier molecular flexibility index (Phi) is 3.83. The number of hydrogen-bond donors (Lipinski definition) is 1. The van der Waals surface area contributed by atoms with E-state index in [-0.39, 0.29) is 5.41 Å². The van der Waals surface area contributed by atoms with Gasteiger partial charge in [0, 0.05) is 3.57 Å². The number of benzene rings is 1. The quantitative estimate of drug-likeness (QED) is 0.774. The van der Waals surface area contributed by atoms with E-state index in [1.165, 1.54) is 0 Å². The summed E-state index contributed by atoms with van der Waals surface area (Å²) in [5.74, 6) is 0. The maximum atomic E-state index is 10.0. The van der Waals surface area contributed by atoms with Crippen molar-refractivity contribution in [2.24, 2.45) is 5.41 Å². The predicted molar refractivity (Wildman–Crippen MR) is 68.6 cm³/mol. The third-order valence-electron chi connectivity index (χ3n) is 2.08. The van der Waals surface area contributed by atoms with Gasteiger partial charge in [-0.05, 0) is 45.7 Å². The Morgan fingerprint density at radius 3 is 2.36 bits per heavy atom. The maximum absolute atomic E-state index is 10.0. The van der Waals surface area contributed by atoms with Crippen molar-refractivity contribution in [1.29, 1.82) is 0 Å². The normalized spacial score (nSPS) is 14.1. The second-order valence-corrected chi connectivity index (χ2v) is 6.01. The lowest BCUT2D eigenvalue weighted by molar-refractivity contribution is 0.0627. The van der Waals surface area contributed by atoms with Crippen molar-refractivity contribution in [3.63, 3.8) is 0 Å². The Morgan fingerprint density at radius 2 is 1.93 bits per heavy atom. The molecule has 14 heavy (non-hydrogen) atoms. The van der Waals surface area contributed by atoms with Crippen LogP contribution in [0.5, 0.6) is 0 Å². The highest BCUT2D eigenvalue weighted by Crippen LogP contribution is 2.34. The second-order valence-electron chi connectivity index (χ2n) is 4.44. The number of aliphatic hydroxyl groups is 1. The molecule has 1 atom stereocenters. The van der Waals surface area contributed by atoms with Gasteiger partial charge in [0.05, 0.1) is 11.1 Å². The highest BCUT2D eigenvalue weighted by molar-refractivity contribution is 14.1. The Bertz CT molecular complexity index is 331. The molecule has 1 N–H and O–H groups in total. The minimum absolute atomic E-state index is 0.157. The molecule has 1 nitrogen and oxygen atoms in total. The third-order valence-corrected chi connectivity index (χ3v) is 3.65. The first-order valence-corrected chi connectivity index (χ1v) is 5.91. The van der Waals surface area contributed by atoms with E-state index in [4.69, 9.17) is 11.6 Å². The first kappa shape index (κ1) is 12.3. The van der Waals surface area contributed by atoms with Crippen LogP contribution in [0.3, 0.4) is 0 Å². The van der Waals surface area contributed by atoms with E-state index in [1.54, 1.807) is 0 Å². The van der Waals surface area contributed by atoms with E-state index in [0.717, 1.165) is 9.13 Å². The van der Waals surface area contributed by atoms with Crippen LogP contribution in [0.15, 0.2) is 18.2 Å². The molecule has 1 unspecified atom stereocenters. The van der Waals surface area contributed by atoms with E-state index in [0.29, 0.717) is 5.02 Å². The summed E-state index contributed by atoms with van der Waals surface area (Å²) in [5.41, 5.74) is 0.721. The van der Waals surface area contributed by atoms with Crippen LogP contribution in [-0.4, -0.2) is 5.11 Å². The zero-order valence-electron chi connectivity index (χ0n) is 8.51. The van der Waals surface area contributed by atoms with Gasteiger partial charge in [0.1, 0.15) is 0 Å². The van der Waals surface area contributed by atoms with Crippen molar-refractivity contribution in [3.05, 3.63) is 32.4 Å². The van der Waals surface area contributed by atoms with Gasteiger partial charge >= 0.3 is 0 Å². The number of halogens is 2. The van der Waals surface area contributed by atoms with E-state index in [1.807, 2.05) is 39.0 Å². The molecule has 0 saturated heterocycles. The zero-order chi connectivity index (χ0) is 10.9. The van der Waals surface area contributed by atoms with Gasteiger partial charge in [0.15, 0.2) is 0 Å². The molecule has 3 heteroatoms. The standard InChI is InChI=1S/C11H14ClIO/c1-11(2,3)10(14)7-4-5-9(13)8(12)6-7/h4-6,10,14H,1-3H3. The van der Waals surface area contributed by atoms with E-state index >= 15 is 0 Å². The van der Waals surface area contributed by atoms with Crippen LogP contribution in [0.1, 0.15) is 32.4 Å². The van der Waals surface area contributed by atoms with Crippen molar-refractivity contribution < 1.29 is 5.11 Å². The minimum Gasteiger partial charge on any atom is -0.388 e. The Hall–Kier alpha value is 0.200. The summed E-state index contributed by atoms with van der Waals surface area (Å²) in [6, 6.07) is 5.68. The summed E-state index contributed by atoms with van der Waals surface area (Å²) in [5, 5.41) is 10.7. The molecule has 0 heterocycles. The van der Waals surface area contributed by atoms with Crippen LogP contribution in [-0.2, 0) is 0 Å². The Labute approximate surface area is 104 Å². The van der Waals surface area contributed by atoms with Gasteiger partial charge in [-0.1, -0.05) is 38.4 Å². The summed E-state index contributed by atoms with van der Waals surface area (Å²) in [6.07, 6.45) is -0.475. The summed E-state index contributed by atoms with van der Waals surface area (Å²) < 4.78 is 1.01. The SMILES string of the molecule is CC(C)(C)C(O)c1ccc(I)c(Cl)c1. The minimum atomic E-state index is -0.475. The van der Waals surface area contributed by atoms with Gasteiger partial charge in [-0.2, -0.15) is 0 Å². The highest BCUT2D eigenvalue weighted by atomic mass is 127. The highest BCUT2D eigenvalue weighted by Gasteiger charge is 2.23. The summed E-state index contributed by atoms with van der Waals surface area (Å²) in [4.78, 5) is 0. The third kappa shape index (κ3) is 2.84. The van der Waals surface area contributed by atoms with Crippen molar-refractivity contribution in [2.45, 2.75) is 26.9 Å². The number of aliphatic hydroxyl groups excluding tert-OH is 1. The lowest BCUT2D eigenvalue weighted by Gasteiger charge is -2.26. The molecule has 0 aromatic heterocycles. The Balaban J connectivity index is 3.03. The zero-order valence-corrected chi connectivity index (χ0v) is 11.4. The molecule has 1 rings (SSSR count). The fourth-order valence-corrected chi connectivity index (χ4v) is 1.71. The van der Waals surface area contributed by atoms with Gasteiger partial charge in [-0.25, -0.2) is 0 Å². The smallest absolute Gasteiger partial charge is 0.0838 e. The molecular weight excluding hydrogens is 310 g/mol. The lowest BCUT2D eigenvalue weighted by Crippen LogP contribution is -2.17. The molecule has 0 aliphatic heterocycles. The molecule has 1 aromatic rings. The lowest BCUT2D eigenvalue weighted by atomic mass is 9.85. The summed E-state index contributed by atoms with van der Waals surface area (Å²) >= 11 is 8.16. The van der Waals surface area contributed by atoms with Crippen LogP contribution < -0.4 is 0 Å². The molecule has 0 amide bonds. The molecule has 78 valence electrons. The molecule has 0 aliphatic rings. The molecule has 0 fully saturated rings. The van der Waals surface area contributed by atoms with Crippen LogP contribution >= 0.6 is 34.2 Å². The summed E-state index contributed by atoms with van der Waals surface area (Å²) in [6.45, 7) is 6.01. The number of rotatable bonds is 1. The molecule has 1 aromatic carbocycles.